The van der Waals surface area contributed by atoms with Crippen LogP contribution in [0, 0.1) is 5.82 Å². The van der Waals surface area contributed by atoms with Gasteiger partial charge in [-0.15, -0.1) is 10.2 Å². The molecule has 34 heavy (non-hydrogen) atoms. The number of thioether (sulfide) groups is 1. The number of carbonyl (C=O) groups excluding carboxylic acids is 2. The molecule has 3 amide bonds. The summed E-state index contributed by atoms with van der Waals surface area (Å²) in [4.78, 5) is 24.5. The number of hydrogen-bond donors (Lipinski definition) is 2. The fraction of sp³-hybridized carbons (Fsp3) is 0.333. The van der Waals surface area contributed by atoms with E-state index in [1.165, 1.54) is 36.4 Å². The van der Waals surface area contributed by atoms with Crippen molar-refractivity contribution in [1.29, 1.82) is 0 Å². The smallest absolute Gasteiger partial charge is 0.325 e. The van der Waals surface area contributed by atoms with Crippen LogP contribution in [0.4, 0.5) is 14.9 Å². The molecule has 0 unspecified atom stereocenters. The second-order valence-corrected chi connectivity index (χ2v) is 8.91. The van der Waals surface area contributed by atoms with Gasteiger partial charge in [0.25, 0.3) is 0 Å². The number of urea groups is 1. The Hall–Kier alpha value is -3.40. The van der Waals surface area contributed by atoms with E-state index in [0.717, 1.165) is 42.8 Å². The number of imide groups is 1. The van der Waals surface area contributed by atoms with E-state index in [-0.39, 0.29) is 17.5 Å². The van der Waals surface area contributed by atoms with Gasteiger partial charge in [-0.1, -0.05) is 43.2 Å². The van der Waals surface area contributed by atoms with Gasteiger partial charge in [0.15, 0.2) is 11.0 Å². The molecule has 1 heterocycles. The van der Waals surface area contributed by atoms with E-state index >= 15 is 0 Å². The Labute approximate surface area is 201 Å². The Morgan fingerprint density at radius 3 is 2.53 bits per heavy atom. The topological polar surface area (TPSA) is 98.1 Å². The highest BCUT2D eigenvalue weighted by Gasteiger charge is 2.24. The van der Waals surface area contributed by atoms with Gasteiger partial charge in [0.05, 0.1) is 18.6 Å². The second kappa shape index (κ2) is 11.1. The zero-order chi connectivity index (χ0) is 23.9. The lowest BCUT2D eigenvalue weighted by atomic mass is 9.95. The molecule has 1 saturated carbocycles. The van der Waals surface area contributed by atoms with Gasteiger partial charge in [0.1, 0.15) is 11.6 Å². The normalized spacial score (nSPS) is 13.9. The molecule has 8 nitrogen and oxygen atoms in total. The zero-order valence-electron chi connectivity index (χ0n) is 18.8. The number of methoxy groups -OCH3 is 1. The van der Waals surface area contributed by atoms with Crippen molar-refractivity contribution in [2.24, 2.45) is 0 Å². The summed E-state index contributed by atoms with van der Waals surface area (Å²) in [5.74, 6) is 0.384. The van der Waals surface area contributed by atoms with E-state index in [1.807, 2.05) is 24.3 Å². The number of nitrogens with zero attached hydrogens (tertiary/aromatic N) is 3. The molecule has 2 aromatic carbocycles. The van der Waals surface area contributed by atoms with Crippen LogP contribution in [0.3, 0.4) is 0 Å². The van der Waals surface area contributed by atoms with Crippen LogP contribution in [-0.2, 0) is 4.79 Å². The Morgan fingerprint density at radius 2 is 1.82 bits per heavy atom. The number of amides is 3. The van der Waals surface area contributed by atoms with E-state index in [9.17, 15) is 14.0 Å². The number of nitrogens with one attached hydrogen (secondary N) is 2. The van der Waals surface area contributed by atoms with Crippen LogP contribution in [-0.4, -0.2) is 39.6 Å². The fourth-order valence-electron chi connectivity index (χ4n) is 3.99. The molecule has 1 aliphatic carbocycles. The first-order valence-electron chi connectivity index (χ1n) is 11.1. The first-order chi connectivity index (χ1) is 16.5. The van der Waals surface area contributed by atoms with Crippen molar-refractivity contribution >= 4 is 29.4 Å². The van der Waals surface area contributed by atoms with Crippen molar-refractivity contribution in [3.05, 3.63) is 54.3 Å². The highest BCUT2D eigenvalue weighted by Crippen LogP contribution is 2.35. The van der Waals surface area contributed by atoms with E-state index in [4.69, 9.17) is 4.74 Å². The maximum atomic E-state index is 13.7. The standard InChI is InChI=1S/C24H26FN5O3S/c1-33-18-13-11-16(12-14-18)22-28-29-24(30(22)17-7-3-2-4-8-17)34-15-21(31)27-23(32)26-20-10-6-5-9-19(20)25/h5-6,9-14,17H,2-4,7-8,15H2,1H3,(H2,26,27,31,32). The number of aromatic nitrogens is 3. The number of rotatable bonds is 7. The number of carbonyl (C=O) groups is 2. The van der Waals surface area contributed by atoms with Crippen LogP contribution in [0.25, 0.3) is 11.4 Å². The third-order valence-electron chi connectivity index (χ3n) is 5.66. The Balaban J connectivity index is 1.45. The zero-order valence-corrected chi connectivity index (χ0v) is 19.6. The number of hydrogen-bond acceptors (Lipinski definition) is 6. The van der Waals surface area contributed by atoms with Gasteiger partial charge in [-0.3, -0.25) is 14.7 Å². The van der Waals surface area contributed by atoms with Gasteiger partial charge < -0.3 is 10.1 Å². The van der Waals surface area contributed by atoms with Crippen molar-refractivity contribution in [3.8, 4) is 17.1 Å². The van der Waals surface area contributed by atoms with Gasteiger partial charge in [0.2, 0.25) is 5.91 Å². The summed E-state index contributed by atoms with van der Waals surface area (Å²) in [5.41, 5.74) is 0.918. The van der Waals surface area contributed by atoms with E-state index in [1.54, 1.807) is 13.2 Å². The van der Waals surface area contributed by atoms with Crippen LogP contribution < -0.4 is 15.4 Å². The first-order valence-corrected chi connectivity index (χ1v) is 12.1. The Bertz CT molecular complexity index is 1150. The van der Waals surface area contributed by atoms with Gasteiger partial charge in [-0.2, -0.15) is 0 Å². The molecule has 0 spiro atoms. The SMILES string of the molecule is COc1ccc(-c2nnc(SCC(=O)NC(=O)Nc3ccccc3F)n2C2CCCCC2)cc1. The molecule has 0 bridgehead atoms. The van der Waals surface area contributed by atoms with E-state index < -0.39 is 17.8 Å². The molecule has 0 saturated heterocycles. The molecule has 1 aromatic heterocycles. The summed E-state index contributed by atoms with van der Waals surface area (Å²) in [6, 6.07) is 12.9. The summed E-state index contributed by atoms with van der Waals surface area (Å²) in [6.07, 6.45) is 5.51. The summed E-state index contributed by atoms with van der Waals surface area (Å²) >= 11 is 1.22. The van der Waals surface area contributed by atoms with Crippen molar-refractivity contribution in [2.45, 2.75) is 43.3 Å². The summed E-state index contributed by atoms with van der Waals surface area (Å²) in [5, 5.41) is 14.0. The van der Waals surface area contributed by atoms with Crippen LogP contribution in [0.1, 0.15) is 38.1 Å². The lowest BCUT2D eigenvalue weighted by molar-refractivity contribution is -0.117. The summed E-state index contributed by atoms with van der Waals surface area (Å²) in [7, 11) is 1.62. The van der Waals surface area contributed by atoms with Crippen molar-refractivity contribution in [1.82, 2.24) is 20.1 Å². The van der Waals surface area contributed by atoms with Crippen molar-refractivity contribution in [2.75, 3.05) is 18.2 Å². The summed E-state index contributed by atoms with van der Waals surface area (Å²) in [6.45, 7) is 0. The van der Waals surface area contributed by atoms with E-state index in [0.29, 0.717) is 5.16 Å². The molecule has 0 atom stereocenters. The van der Waals surface area contributed by atoms with Crippen LogP contribution in [0.15, 0.2) is 53.7 Å². The highest BCUT2D eigenvalue weighted by atomic mass is 32.2. The Kier molecular flexibility index (Phi) is 7.79. The maximum absolute atomic E-state index is 13.7. The molecule has 1 aliphatic rings. The monoisotopic (exact) mass is 483 g/mol. The number of benzene rings is 2. The predicted octanol–water partition coefficient (Wildman–Crippen LogP) is 5.04. The lowest BCUT2D eigenvalue weighted by Gasteiger charge is -2.25. The van der Waals surface area contributed by atoms with Crippen molar-refractivity contribution < 1.29 is 18.7 Å². The molecule has 0 aliphatic heterocycles. The first kappa shape index (κ1) is 23.7. The fourth-order valence-corrected chi connectivity index (χ4v) is 4.80. The average Bonchev–Trinajstić information content (AvgIpc) is 3.29. The third kappa shape index (κ3) is 5.74. The number of anilines is 1. The molecule has 3 aromatic rings. The van der Waals surface area contributed by atoms with Crippen LogP contribution in [0.5, 0.6) is 5.75 Å². The molecule has 2 N–H and O–H groups in total. The van der Waals surface area contributed by atoms with Crippen LogP contribution >= 0.6 is 11.8 Å². The minimum Gasteiger partial charge on any atom is -0.497 e. The van der Waals surface area contributed by atoms with Gasteiger partial charge in [0, 0.05) is 11.6 Å². The molecule has 10 heteroatoms. The molecule has 0 radical (unpaired) electrons. The predicted molar refractivity (Wildman–Crippen MR) is 128 cm³/mol. The molecule has 4 rings (SSSR count). The maximum Gasteiger partial charge on any atom is 0.325 e. The average molecular weight is 484 g/mol. The molecular formula is C24H26FN5O3S. The minimum absolute atomic E-state index is 0.00151. The quantitative estimate of drug-likeness (QED) is 0.457. The highest BCUT2D eigenvalue weighted by molar-refractivity contribution is 7.99. The van der Waals surface area contributed by atoms with Gasteiger partial charge in [-0.25, -0.2) is 9.18 Å². The van der Waals surface area contributed by atoms with Crippen LogP contribution in [0.2, 0.25) is 0 Å². The molecule has 178 valence electrons. The molecule has 1 fully saturated rings. The number of para-hydroxylation sites is 1. The lowest BCUT2D eigenvalue weighted by Crippen LogP contribution is -2.35. The second-order valence-electron chi connectivity index (χ2n) is 7.97. The van der Waals surface area contributed by atoms with Gasteiger partial charge >= 0.3 is 6.03 Å². The Morgan fingerprint density at radius 1 is 1.09 bits per heavy atom. The number of ether oxygens (including phenoxy) is 1. The third-order valence-corrected chi connectivity index (χ3v) is 6.60. The van der Waals surface area contributed by atoms with Crippen molar-refractivity contribution in [3.63, 3.8) is 0 Å². The minimum atomic E-state index is -0.789. The van der Waals surface area contributed by atoms with E-state index in [2.05, 4.69) is 25.4 Å². The van der Waals surface area contributed by atoms with Gasteiger partial charge in [-0.05, 0) is 49.2 Å². The largest absolute Gasteiger partial charge is 0.497 e. The summed E-state index contributed by atoms with van der Waals surface area (Å²) < 4.78 is 21.1. The number of halogens is 1. The molecular weight excluding hydrogens is 457 g/mol.